The van der Waals surface area contributed by atoms with Gasteiger partial charge in [-0.1, -0.05) is 23.8 Å². The third-order valence-corrected chi connectivity index (χ3v) is 10.2. The minimum absolute atomic E-state index is 0.0870. The van der Waals surface area contributed by atoms with Crippen LogP contribution in [0.2, 0.25) is 0 Å². The Kier molecular flexibility index (Phi) is 6.39. The molecule has 2 aliphatic heterocycles. The summed E-state index contributed by atoms with van der Waals surface area (Å²) in [7, 11) is 1.20. The third-order valence-electron chi connectivity index (χ3n) is 8.76. The molecule has 6 unspecified atom stereocenters. The molecule has 0 bridgehead atoms. The largest absolute Gasteiger partial charge is 0.504 e. The summed E-state index contributed by atoms with van der Waals surface area (Å²) < 4.78 is 77.4. The molecule has 0 radical (unpaired) electrons. The molecule has 2 aromatic rings. The van der Waals surface area contributed by atoms with Crippen LogP contribution >= 0.6 is 23.2 Å². The lowest BCUT2D eigenvalue weighted by Gasteiger charge is -2.50. The minimum Gasteiger partial charge on any atom is -0.504 e. The van der Waals surface area contributed by atoms with Gasteiger partial charge < -0.3 is 9.84 Å². The van der Waals surface area contributed by atoms with Crippen LogP contribution in [0.3, 0.4) is 0 Å². The molecule has 0 aromatic heterocycles. The van der Waals surface area contributed by atoms with E-state index in [1.54, 1.807) is 0 Å². The van der Waals surface area contributed by atoms with Gasteiger partial charge in [-0.2, -0.15) is 5.06 Å². The van der Waals surface area contributed by atoms with E-state index in [4.69, 9.17) is 27.9 Å². The molecule has 6 rings (SSSR count). The fraction of sp³-hybridized carbons (Fsp3) is 0.333. The number of fused-ring (bicyclic) bond motifs is 4. The number of carbonyl (C=O) groups is 4. The van der Waals surface area contributed by atoms with Crippen LogP contribution in [0.5, 0.6) is 11.5 Å². The Morgan fingerprint density at radius 2 is 1.51 bits per heavy atom. The van der Waals surface area contributed by atoms with Crippen LogP contribution in [0.25, 0.3) is 0 Å². The van der Waals surface area contributed by atoms with Gasteiger partial charge in [-0.15, -0.1) is 23.2 Å². The van der Waals surface area contributed by atoms with E-state index in [2.05, 4.69) is 0 Å². The number of amides is 4. The van der Waals surface area contributed by atoms with E-state index >= 15 is 0 Å². The average Bonchev–Trinajstić information content (AvgIpc) is 3.29. The number of aromatic hydroxyl groups is 1. The van der Waals surface area contributed by atoms with E-state index in [0.717, 1.165) is 0 Å². The molecule has 226 valence electrons. The highest BCUT2D eigenvalue weighted by Gasteiger charge is 2.77. The number of hydrogen-bond acceptors (Lipinski definition) is 7. The topological polar surface area (TPSA) is 124 Å². The van der Waals surface area contributed by atoms with E-state index < -0.39 is 104 Å². The number of phenols is 1. The normalized spacial score (nSPS) is 31.7. The number of methoxy groups -OCH3 is 1. The van der Waals surface area contributed by atoms with Crippen molar-refractivity contribution in [2.75, 3.05) is 12.0 Å². The minimum atomic E-state index is -2.80. The number of phenolic OH excluding ortho intramolecular Hbond substituents is 1. The lowest BCUT2D eigenvalue weighted by atomic mass is 9.56. The summed E-state index contributed by atoms with van der Waals surface area (Å²) >= 11 is 13.8. The lowest BCUT2D eigenvalue weighted by Crippen LogP contribution is -2.60. The van der Waals surface area contributed by atoms with Crippen LogP contribution in [-0.2, 0) is 19.2 Å². The van der Waals surface area contributed by atoms with Gasteiger partial charge in [0.1, 0.15) is 5.69 Å². The van der Waals surface area contributed by atoms with Gasteiger partial charge in [-0.25, -0.2) is 26.9 Å². The van der Waals surface area contributed by atoms with Crippen LogP contribution in [0, 0.1) is 46.8 Å². The molecule has 1 saturated carbocycles. The van der Waals surface area contributed by atoms with Crippen molar-refractivity contribution in [1.82, 2.24) is 5.06 Å². The Bertz CT molecular complexity index is 1690. The fourth-order valence-electron chi connectivity index (χ4n) is 6.83. The van der Waals surface area contributed by atoms with Gasteiger partial charge in [-0.3, -0.25) is 24.4 Å². The van der Waals surface area contributed by atoms with Crippen LogP contribution in [-0.4, -0.2) is 55.9 Å². The number of imide groups is 2. The van der Waals surface area contributed by atoms with Crippen molar-refractivity contribution in [2.24, 2.45) is 17.8 Å². The molecule has 2 aromatic carbocycles. The number of halogens is 7. The maximum Gasteiger partial charge on any atom is 0.258 e. The number of hydrogen-bond donors (Lipinski definition) is 2. The molecule has 16 heteroatoms. The molecule has 2 heterocycles. The zero-order valence-electron chi connectivity index (χ0n) is 21.5. The van der Waals surface area contributed by atoms with Crippen molar-refractivity contribution in [1.29, 1.82) is 0 Å². The maximum atomic E-state index is 15.0. The number of anilines is 1. The van der Waals surface area contributed by atoms with Gasteiger partial charge in [0.25, 0.3) is 23.6 Å². The van der Waals surface area contributed by atoms with Gasteiger partial charge in [-0.05, 0) is 24.8 Å². The summed E-state index contributed by atoms with van der Waals surface area (Å²) in [6, 6.07) is 3.95. The quantitative estimate of drug-likeness (QED) is 0.0981. The first-order chi connectivity index (χ1) is 20.1. The van der Waals surface area contributed by atoms with Crippen LogP contribution in [0.1, 0.15) is 24.3 Å². The Hall–Kier alpha value is -3.75. The maximum absolute atomic E-state index is 15.0. The zero-order valence-corrected chi connectivity index (χ0v) is 23.0. The van der Waals surface area contributed by atoms with E-state index in [1.165, 1.54) is 31.4 Å². The predicted octanol–water partition coefficient (Wildman–Crippen LogP) is 4.05. The first-order valence-electron chi connectivity index (χ1n) is 12.6. The van der Waals surface area contributed by atoms with Gasteiger partial charge in [0.15, 0.2) is 44.5 Å². The number of ether oxygens (including phenoxy) is 1. The number of hydroxylamine groups is 2. The number of allylic oxidation sites excluding steroid dienone is 2. The second kappa shape index (κ2) is 9.37. The lowest BCUT2D eigenvalue weighted by molar-refractivity contribution is -0.173. The third kappa shape index (κ3) is 3.42. The highest BCUT2D eigenvalue weighted by molar-refractivity contribution is 6.58. The second-order valence-electron chi connectivity index (χ2n) is 10.6. The summed E-state index contributed by atoms with van der Waals surface area (Å²) in [5, 5.41) is 21.1. The van der Waals surface area contributed by atoms with Crippen LogP contribution in [0.4, 0.5) is 27.6 Å². The summed E-state index contributed by atoms with van der Waals surface area (Å²) in [4.78, 5) is 47.8. The number of rotatable bonds is 3. The molecular weight excluding hydrogens is 630 g/mol. The van der Waals surface area contributed by atoms with Crippen molar-refractivity contribution in [3.05, 3.63) is 64.5 Å². The molecule has 3 fully saturated rings. The van der Waals surface area contributed by atoms with E-state index in [-0.39, 0.29) is 33.3 Å². The monoisotopic (exact) mass is 646 g/mol. The molecule has 2 aliphatic carbocycles. The number of carbonyl (C=O) groups excluding carboxylic acids is 4. The van der Waals surface area contributed by atoms with Crippen molar-refractivity contribution >= 4 is 52.5 Å². The smallest absolute Gasteiger partial charge is 0.258 e. The Morgan fingerprint density at radius 3 is 2.12 bits per heavy atom. The second-order valence-corrected chi connectivity index (χ2v) is 11.8. The SMILES string of the molecule is COc1cccc(C2C3=CCC4C(=O)N(O)C(=O)C4C3CC3(Cl)C(=O)N(c4c(F)c(F)c(F)c(F)c4F)C(=O)C23Cl)c1O. The van der Waals surface area contributed by atoms with Crippen molar-refractivity contribution < 1.29 is 56.2 Å². The number of benzene rings is 2. The van der Waals surface area contributed by atoms with Crippen molar-refractivity contribution in [3.8, 4) is 11.5 Å². The average molecular weight is 647 g/mol. The van der Waals surface area contributed by atoms with Gasteiger partial charge in [0, 0.05) is 11.5 Å². The Balaban J connectivity index is 1.64. The van der Waals surface area contributed by atoms with E-state index in [1.807, 2.05) is 0 Å². The summed E-state index contributed by atoms with van der Waals surface area (Å²) in [6.45, 7) is 0. The first-order valence-corrected chi connectivity index (χ1v) is 13.3. The van der Waals surface area contributed by atoms with Crippen LogP contribution < -0.4 is 9.64 Å². The number of para-hydroxylation sites is 1. The van der Waals surface area contributed by atoms with Crippen LogP contribution in [0.15, 0.2) is 29.8 Å². The summed E-state index contributed by atoms with van der Waals surface area (Å²) in [5.74, 6) is -23.9. The van der Waals surface area contributed by atoms with E-state index in [9.17, 15) is 51.4 Å². The molecule has 2 saturated heterocycles. The first kappa shape index (κ1) is 29.3. The van der Waals surface area contributed by atoms with Gasteiger partial charge >= 0.3 is 0 Å². The fourth-order valence-corrected chi connectivity index (χ4v) is 7.76. The molecule has 43 heavy (non-hydrogen) atoms. The molecule has 4 amide bonds. The van der Waals surface area contributed by atoms with Crippen molar-refractivity contribution in [3.63, 3.8) is 0 Å². The van der Waals surface area contributed by atoms with Gasteiger partial charge in [0.05, 0.1) is 18.9 Å². The summed E-state index contributed by atoms with van der Waals surface area (Å²) in [6.07, 6.45) is 0.514. The standard InChI is InChI=1S/C27H17Cl2F5N2O7/c1-43-12-4-2-3-10(21(12)37)14-8-5-6-9-13(23(39)36(42)22(9)38)11(8)7-26(28)24(40)35(25(41)27(14,26)29)20-18(33)16(31)15(30)17(32)19(20)34/h2-5,9,11,13-14,37,42H,6-7H2,1H3. The van der Waals surface area contributed by atoms with E-state index in [0.29, 0.717) is 0 Å². The highest BCUT2D eigenvalue weighted by Crippen LogP contribution is 2.67. The Labute approximate surface area is 248 Å². The predicted molar refractivity (Wildman–Crippen MR) is 135 cm³/mol. The highest BCUT2D eigenvalue weighted by atomic mass is 35.5. The zero-order chi connectivity index (χ0) is 31.5. The molecule has 9 nitrogen and oxygen atoms in total. The van der Waals surface area contributed by atoms with Gasteiger partial charge in [0.2, 0.25) is 5.82 Å². The Morgan fingerprint density at radius 1 is 0.907 bits per heavy atom. The molecular formula is C27H17Cl2F5N2O7. The summed E-state index contributed by atoms with van der Waals surface area (Å²) in [5.41, 5.74) is -2.02. The number of nitrogens with zero attached hydrogens (tertiary/aromatic N) is 2. The van der Waals surface area contributed by atoms with Crippen molar-refractivity contribution in [2.45, 2.75) is 28.5 Å². The molecule has 2 N–H and O–H groups in total. The number of alkyl halides is 2. The molecule has 0 spiro atoms. The molecule has 4 aliphatic rings. The molecule has 6 atom stereocenters.